The third-order valence-electron chi connectivity index (χ3n) is 3.36. The van der Waals surface area contributed by atoms with Gasteiger partial charge < -0.3 is 33.2 Å². The number of nitrogens with one attached hydrogen (secondary N) is 1. The maximum Gasteiger partial charge on any atom is 0.538 e. The molecule has 0 unspecified atom stereocenters. The predicted molar refractivity (Wildman–Crippen MR) is 82.5 cm³/mol. The first-order valence-electron chi connectivity index (χ1n) is 6.78. The van der Waals surface area contributed by atoms with E-state index >= 15 is 0 Å². The van der Waals surface area contributed by atoms with Crippen LogP contribution in [0.3, 0.4) is 0 Å². The fraction of sp³-hybridized carbons (Fsp3) is 1.00. The van der Waals surface area contributed by atoms with Crippen molar-refractivity contribution in [1.29, 1.82) is 0 Å². The zero-order valence-electron chi connectivity index (χ0n) is 13.4. The SMILES string of the molecule is CO[Si](CCCCNCCN)(OC)[Si](OC)(OC)OC. The van der Waals surface area contributed by atoms with Gasteiger partial charge in [-0.05, 0) is 19.0 Å². The van der Waals surface area contributed by atoms with Gasteiger partial charge in [0.05, 0.1) is 0 Å². The summed E-state index contributed by atoms with van der Waals surface area (Å²) < 4.78 is 28.1. The van der Waals surface area contributed by atoms with Gasteiger partial charge in [-0.1, -0.05) is 6.42 Å². The van der Waals surface area contributed by atoms with Gasteiger partial charge in [-0.15, -0.1) is 0 Å². The smallest absolute Gasteiger partial charge is 0.395 e. The molecule has 122 valence electrons. The molecule has 0 saturated heterocycles. The summed E-state index contributed by atoms with van der Waals surface area (Å²) >= 11 is 0. The number of rotatable bonds is 13. The van der Waals surface area contributed by atoms with Gasteiger partial charge in [0.1, 0.15) is 0 Å². The van der Waals surface area contributed by atoms with Crippen molar-refractivity contribution in [2.75, 3.05) is 55.2 Å². The van der Waals surface area contributed by atoms with Crippen molar-refractivity contribution in [3.05, 3.63) is 0 Å². The molecule has 0 aromatic carbocycles. The molecule has 0 aliphatic carbocycles. The van der Waals surface area contributed by atoms with Crippen LogP contribution in [0.25, 0.3) is 0 Å². The Morgan fingerprint density at radius 2 is 1.35 bits per heavy atom. The second-order valence-electron chi connectivity index (χ2n) is 4.33. The monoisotopic (exact) mass is 326 g/mol. The van der Waals surface area contributed by atoms with Crippen molar-refractivity contribution < 1.29 is 22.1 Å². The molecule has 0 saturated carbocycles. The lowest BCUT2D eigenvalue weighted by molar-refractivity contribution is 0.115. The molecule has 0 amide bonds. The molecule has 0 heterocycles. The minimum Gasteiger partial charge on any atom is -0.395 e. The summed E-state index contributed by atoms with van der Waals surface area (Å²) in [7, 11) is 2.45. The highest BCUT2D eigenvalue weighted by atomic mass is 29.3. The van der Waals surface area contributed by atoms with Gasteiger partial charge >= 0.3 is 16.4 Å². The average molecular weight is 327 g/mol. The third-order valence-corrected chi connectivity index (χ3v) is 14.8. The highest BCUT2D eigenvalue weighted by molar-refractivity contribution is 7.29. The summed E-state index contributed by atoms with van der Waals surface area (Å²) in [4.78, 5) is 0. The van der Waals surface area contributed by atoms with Crippen LogP contribution in [-0.4, -0.2) is 71.6 Å². The molecule has 7 nitrogen and oxygen atoms in total. The minimum atomic E-state index is -2.92. The Balaban J connectivity index is 4.59. The molecule has 0 rings (SSSR count). The molecule has 0 aromatic rings. The molecule has 0 aliphatic rings. The van der Waals surface area contributed by atoms with Crippen LogP contribution < -0.4 is 11.1 Å². The highest BCUT2D eigenvalue weighted by Crippen LogP contribution is 2.28. The van der Waals surface area contributed by atoms with Crippen LogP contribution >= 0.6 is 0 Å². The topological polar surface area (TPSA) is 84.2 Å². The molecule has 0 atom stereocenters. The maximum atomic E-state index is 5.72. The standard InChI is InChI=1S/C11H30N2O5Si2/c1-14-19(15-2,20(16-3,17-4)18-5)11-7-6-9-13-10-8-12/h13H,6-12H2,1-5H3. The first-order valence-corrected chi connectivity index (χ1v) is 11.5. The third kappa shape index (κ3) is 4.86. The Morgan fingerprint density at radius 3 is 1.75 bits per heavy atom. The lowest BCUT2D eigenvalue weighted by Gasteiger charge is -2.38. The van der Waals surface area contributed by atoms with Crippen LogP contribution in [0, 0.1) is 0 Å². The molecule has 20 heavy (non-hydrogen) atoms. The Hall–Kier alpha value is 0.154. The van der Waals surface area contributed by atoms with E-state index in [4.69, 9.17) is 27.9 Å². The van der Waals surface area contributed by atoms with Crippen LogP contribution in [0.2, 0.25) is 6.04 Å². The molecular weight excluding hydrogens is 296 g/mol. The maximum absolute atomic E-state index is 5.72. The van der Waals surface area contributed by atoms with E-state index in [1.54, 1.807) is 35.5 Å². The van der Waals surface area contributed by atoms with Crippen molar-refractivity contribution in [2.45, 2.75) is 18.9 Å². The quantitative estimate of drug-likeness (QED) is 0.364. The molecule has 3 N–H and O–H groups in total. The highest BCUT2D eigenvalue weighted by Gasteiger charge is 2.66. The van der Waals surface area contributed by atoms with E-state index in [0.717, 1.165) is 32.0 Å². The van der Waals surface area contributed by atoms with E-state index in [9.17, 15) is 0 Å². The first kappa shape index (κ1) is 20.2. The second kappa shape index (κ2) is 10.8. The van der Waals surface area contributed by atoms with Gasteiger partial charge in [0.2, 0.25) is 0 Å². The van der Waals surface area contributed by atoms with Crippen LogP contribution in [0.4, 0.5) is 0 Å². The summed E-state index contributed by atoms with van der Waals surface area (Å²) in [6.07, 6.45) is 1.97. The van der Waals surface area contributed by atoms with Crippen LogP contribution in [0.15, 0.2) is 0 Å². The molecule has 0 bridgehead atoms. The summed E-state index contributed by atoms with van der Waals surface area (Å²) in [6, 6.07) is 0.770. The van der Waals surface area contributed by atoms with Gasteiger partial charge in [0.25, 0.3) is 0 Å². The molecular formula is C11H30N2O5Si2. The summed E-state index contributed by atoms with van der Waals surface area (Å²) in [6.45, 7) is 2.42. The van der Waals surface area contributed by atoms with Gasteiger partial charge in [0.15, 0.2) is 0 Å². The lowest BCUT2D eigenvalue weighted by atomic mass is 10.3. The largest absolute Gasteiger partial charge is 0.538 e. The van der Waals surface area contributed by atoms with Gasteiger partial charge in [-0.2, -0.15) is 0 Å². The zero-order chi connectivity index (χ0) is 15.5. The summed E-state index contributed by atoms with van der Waals surface area (Å²) in [5.74, 6) is 0. The first-order chi connectivity index (χ1) is 9.61. The van der Waals surface area contributed by atoms with E-state index in [0.29, 0.717) is 6.54 Å². The van der Waals surface area contributed by atoms with Gasteiger partial charge in [-0.25, -0.2) is 0 Å². The number of nitrogens with two attached hydrogens (primary N) is 1. The molecule has 0 aliphatic heterocycles. The van der Waals surface area contributed by atoms with Crippen molar-refractivity contribution >= 4 is 16.4 Å². The Labute approximate surface area is 124 Å². The van der Waals surface area contributed by atoms with E-state index < -0.39 is 16.4 Å². The predicted octanol–water partition coefficient (Wildman–Crippen LogP) is 0.00640. The summed E-state index contributed by atoms with van der Waals surface area (Å²) in [5, 5.41) is 3.26. The Morgan fingerprint density at radius 1 is 0.800 bits per heavy atom. The van der Waals surface area contributed by atoms with E-state index in [-0.39, 0.29) is 0 Å². The normalized spacial score (nSPS) is 12.9. The van der Waals surface area contributed by atoms with E-state index in [2.05, 4.69) is 5.32 Å². The second-order valence-corrected chi connectivity index (χ2v) is 13.6. The number of unbranched alkanes of at least 4 members (excludes halogenated alkanes) is 1. The zero-order valence-corrected chi connectivity index (χ0v) is 15.4. The van der Waals surface area contributed by atoms with Crippen LogP contribution in [-0.2, 0) is 22.1 Å². The summed E-state index contributed by atoms with van der Waals surface area (Å²) in [5.41, 5.74) is 5.43. The number of hydrogen-bond donors (Lipinski definition) is 2. The number of hydrogen-bond acceptors (Lipinski definition) is 7. The van der Waals surface area contributed by atoms with E-state index in [1.807, 2.05) is 0 Å². The van der Waals surface area contributed by atoms with Crippen molar-refractivity contribution in [2.24, 2.45) is 5.73 Å². The van der Waals surface area contributed by atoms with Gasteiger partial charge in [0, 0.05) is 48.6 Å². The average Bonchev–Trinajstić information content (AvgIpc) is 2.50. The Bertz CT molecular complexity index is 233. The van der Waals surface area contributed by atoms with Gasteiger partial charge in [-0.3, -0.25) is 0 Å². The van der Waals surface area contributed by atoms with Crippen molar-refractivity contribution in [3.8, 4) is 0 Å². The van der Waals surface area contributed by atoms with E-state index in [1.165, 1.54) is 0 Å². The fourth-order valence-electron chi connectivity index (χ4n) is 2.24. The fourth-order valence-corrected chi connectivity index (χ4v) is 11.5. The van der Waals surface area contributed by atoms with Crippen molar-refractivity contribution in [3.63, 3.8) is 0 Å². The Kier molecular flexibility index (Phi) is 10.9. The molecule has 0 aromatic heterocycles. The van der Waals surface area contributed by atoms with Crippen molar-refractivity contribution in [1.82, 2.24) is 5.32 Å². The minimum absolute atomic E-state index is 0.655. The molecule has 0 fully saturated rings. The molecule has 0 radical (unpaired) electrons. The van der Waals surface area contributed by atoms with Crippen LogP contribution in [0.5, 0.6) is 0 Å². The molecule has 0 spiro atoms. The lowest BCUT2D eigenvalue weighted by Crippen LogP contribution is -2.70. The van der Waals surface area contributed by atoms with Crippen LogP contribution in [0.1, 0.15) is 12.8 Å². The molecule has 9 heteroatoms.